The average molecular weight is 366 g/mol. The van der Waals surface area contributed by atoms with E-state index in [0.29, 0.717) is 0 Å². The van der Waals surface area contributed by atoms with Gasteiger partial charge in [0.25, 0.3) is 0 Å². The van der Waals surface area contributed by atoms with Gasteiger partial charge in [-0.2, -0.15) is 0 Å². The summed E-state index contributed by atoms with van der Waals surface area (Å²) in [5, 5.41) is 9.59. The van der Waals surface area contributed by atoms with Gasteiger partial charge < -0.3 is 0 Å². The monoisotopic (exact) mass is 365 g/mol. The van der Waals surface area contributed by atoms with E-state index in [-0.39, 0.29) is 5.37 Å². The van der Waals surface area contributed by atoms with Crippen LogP contribution in [0.5, 0.6) is 0 Å². The first-order valence-electron chi connectivity index (χ1n) is 8.06. The summed E-state index contributed by atoms with van der Waals surface area (Å²) in [5.41, 5.74) is 3.23. The molecule has 1 unspecified atom stereocenters. The summed E-state index contributed by atoms with van der Waals surface area (Å²) in [6.07, 6.45) is 0.863. The molecule has 0 aliphatic rings. The molecule has 3 nitrogen and oxygen atoms in total. The summed E-state index contributed by atoms with van der Waals surface area (Å²) in [6, 6.07) is 26.5. The Morgan fingerprint density at radius 1 is 0.880 bits per heavy atom. The smallest absolute Gasteiger partial charge is 0.113 e. The highest BCUT2D eigenvalue weighted by Crippen LogP contribution is 2.35. The Labute approximate surface area is 155 Å². The third-order valence-corrected chi connectivity index (χ3v) is 5.42. The van der Waals surface area contributed by atoms with Gasteiger partial charge in [0.2, 0.25) is 0 Å². The van der Waals surface area contributed by atoms with Crippen LogP contribution >= 0.6 is 23.4 Å². The number of hydrogen-bond acceptors (Lipinski definition) is 3. The van der Waals surface area contributed by atoms with E-state index in [0.717, 1.165) is 27.4 Å². The first kappa shape index (κ1) is 16.2. The van der Waals surface area contributed by atoms with Gasteiger partial charge >= 0.3 is 0 Å². The van der Waals surface area contributed by atoms with Gasteiger partial charge in [0.1, 0.15) is 10.9 Å². The van der Waals surface area contributed by atoms with Crippen molar-refractivity contribution in [1.29, 1.82) is 0 Å². The molecule has 0 radical (unpaired) electrons. The van der Waals surface area contributed by atoms with Crippen molar-refractivity contribution < 1.29 is 0 Å². The minimum absolute atomic E-state index is 0.107. The number of aromatic nitrogens is 3. The Morgan fingerprint density at radius 2 is 1.60 bits per heavy atom. The number of nitrogens with zero attached hydrogens (tertiary/aromatic N) is 3. The van der Waals surface area contributed by atoms with E-state index in [4.69, 9.17) is 11.6 Å². The van der Waals surface area contributed by atoms with E-state index in [2.05, 4.69) is 40.6 Å². The van der Waals surface area contributed by atoms with Crippen LogP contribution in [0.2, 0.25) is 5.02 Å². The fraction of sp³-hybridized carbons (Fsp3) is 0.100. The lowest BCUT2D eigenvalue weighted by atomic mass is 10.1. The second kappa shape index (κ2) is 7.30. The number of rotatable bonds is 5. The minimum Gasteiger partial charge on any atom is -0.231 e. The van der Waals surface area contributed by atoms with Gasteiger partial charge in [-0.1, -0.05) is 71.0 Å². The Morgan fingerprint density at radius 3 is 2.40 bits per heavy atom. The zero-order valence-corrected chi connectivity index (χ0v) is 15.0. The molecule has 25 heavy (non-hydrogen) atoms. The molecule has 124 valence electrons. The van der Waals surface area contributed by atoms with Gasteiger partial charge in [-0.25, -0.2) is 4.68 Å². The number of halogens is 1. The largest absolute Gasteiger partial charge is 0.231 e. The Bertz CT molecular complexity index is 967. The lowest BCUT2D eigenvalue weighted by molar-refractivity contribution is 0.590. The highest BCUT2D eigenvalue weighted by atomic mass is 35.5. The van der Waals surface area contributed by atoms with Crippen molar-refractivity contribution in [2.24, 2.45) is 0 Å². The molecular formula is C20H16ClN3S. The molecule has 1 atom stereocenters. The highest BCUT2D eigenvalue weighted by Gasteiger charge is 2.18. The maximum Gasteiger partial charge on any atom is 0.113 e. The molecule has 1 heterocycles. The molecule has 0 aliphatic heterocycles. The molecule has 0 fully saturated rings. The quantitative estimate of drug-likeness (QED) is 0.430. The molecule has 0 amide bonds. The lowest BCUT2D eigenvalue weighted by Crippen LogP contribution is -2.10. The van der Waals surface area contributed by atoms with Crippen LogP contribution in [0.15, 0.2) is 83.8 Å². The first-order chi connectivity index (χ1) is 12.3. The van der Waals surface area contributed by atoms with Crippen molar-refractivity contribution in [1.82, 2.24) is 15.0 Å². The van der Waals surface area contributed by atoms with Crippen LogP contribution < -0.4 is 0 Å². The predicted molar refractivity (Wildman–Crippen MR) is 104 cm³/mol. The van der Waals surface area contributed by atoms with E-state index in [9.17, 15) is 0 Å². The molecule has 4 aromatic rings. The van der Waals surface area contributed by atoms with Crippen molar-refractivity contribution in [3.63, 3.8) is 0 Å². The molecule has 0 saturated carbocycles. The van der Waals surface area contributed by atoms with Gasteiger partial charge in [0.05, 0.1) is 5.52 Å². The Hall–Kier alpha value is -2.30. The van der Waals surface area contributed by atoms with Crippen molar-refractivity contribution in [2.45, 2.75) is 16.7 Å². The standard InChI is InChI=1S/C20H16ClN3S/c21-16-10-12-17(13-11-16)25-20(14-15-6-2-1-3-7-15)24-19-9-5-4-8-18(19)22-23-24/h1-13,20H,14H2. The van der Waals surface area contributed by atoms with Crippen LogP contribution in [0.25, 0.3) is 11.0 Å². The average Bonchev–Trinajstić information content (AvgIpc) is 3.08. The van der Waals surface area contributed by atoms with Crippen molar-refractivity contribution >= 4 is 34.4 Å². The van der Waals surface area contributed by atoms with E-state index >= 15 is 0 Å². The van der Waals surface area contributed by atoms with Crippen LogP contribution in [-0.4, -0.2) is 15.0 Å². The number of para-hydroxylation sites is 1. The maximum absolute atomic E-state index is 6.02. The SMILES string of the molecule is Clc1ccc(SC(Cc2ccccc2)n2nnc3ccccc32)cc1. The molecule has 5 heteroatoms. The molecule has 0 N–H and O–H groups in total. The van der Waals surface area contributed by atoms with Crippen LogP contribution in [0.1, 0.15) is 10.9 Å². The molecule has 0 bridgehead atoms. The van der Waals surface area contributed by atoms with E-state index < -0.39 is 0 Å². The summed E-state index contributed by atoms with van der Waals surface area (Å²) < 4.78 is 2.02. The molecule has 0 spiro atoms. The van der Waals surface area contributed by atoms with Crippen LogP contribution in [-0.2, 0) is 6.42 Å². The van der Waals surface area contributed by atoms with Crippen LogP contribution in [0.3, 0.4) is 0 Å². The van der Waals surface area contributed by atoms with E-state index in [1.807, 2.05) is 53.2 Å². The van der Waals surface area contributed by atoms with Gasteiger partial charge in [0.15, 0.2) is 0 Å². The molecule has 0 saturated heterocycles. The number of fused-ring (bicyclic) bond motifs is 1. The van der Waals surface area contributed by atoms with Crippen LogP contribution in [0.4, 0.5) is 0 Å². The van der Waals surface area contributed by atoms with Crippen molar-refractivity contribution in [2.75, 3.05) is 0 Å². The summed E-state index contributed by atoms with van der Waals surface area (Å²) in [4.78, 5) is 1.16. The van der Waals surface area contributed by atoms with E-state index in [1.54, 1.807) is 11.8 Å². The fourth-order valence-corrected chi connectivity index (χ4v) is 4.03. The summed E-state index contributed by atoms with van der Waals surface area (Å²) in [6.45, 7) is 0. The van der Waals surface area contributed by atoms with Gasteiger partial charge in [-0.05, 0) is 42.0 Å². The molecule has 0 aliphatic carbocycles. The third-order valence-electron chi connectivity index (χ3n) is 3.99. The van der Waals surface area contributed by atoms with Gasteiger partial charge in [0, 0.05) is 16.3 Å². The van der Waals surface area contributed by atoms with E-state index in [1.165, 1.54) is 5.56 Å². The number of hydrogen-bond donors (Lipinski definition) is 0. The second-order valence-electron chi connectivity index (χ2n) is 5.74. The first-order valence-corrected chi connectivity index (χ1v) is 9.31. The molecule has 3 aromatic carbocycles. The van der Waals surface area contributed by atoms with Crippen molar-refractivity contribution in [3.05, 3.63) is 89.4 Å². The lowest BCUT2D eigenvalue weighted by Gasteiger charge is -2.18. The van der Waals surface area contributed by atoms with Crippen LogP contribution in [0, 0.1) is 0 Å². The molecular weight excluding hydrogens is 350 g/mol. The zero-order valence-electron chi connectivity index (χ0n) is 13.4. The summed E-state index contributed by atoms with van der Waals surface area (Å²) >= 11 is 7.79. The highest BCUT2D eigenvalue weighted by molar-refractivity contribution is 7.99. The van der Waals surface area contributed by atoms with Crippen molar-refractivity contribution in [3.8, 4) is 0 Å². The maximum atomic E-state index is 6.02. The minimum atomic E-state index is 0.107. The fourth-order valence-electron chi connectivity index (χ4n) is 2.76. The predicted octanol–water partition coefficient (Wildman–Crippen LogP) is 5.62. The number of thioether (sulfide) groups is 1. The zero-order chi connectivity index (χ0) is 17.1. The third kappa shape index (κ3) is 3.70. The molecule has 1 aromatic heterocycles. The summed E-state index contributed by atoms with van der Waals surface area (Å²) in [7, 11) is 0. The van der Waals surface area contributed by atoms with Gasteiger partial charge in [-0.3, -0.25) is 0 Å². The normalized spacial score (nSPS) is 12.4. The topological polar surface area (TPSA) is 30.7 Å². The Balaban J connectivity index is 1.71. The second-order valence-corrected chi connectivity index (χ2v) is 7.43. The molecule has 4 rings (SSSR count). The number of benzene rings is 3. The Kier molecular flexibility index (Phi) is 4.72. The summed E-state index contributed by atoms with van der Waals surface area (Å²) in [5.74, 6) is 0. The van der Waals surface area contributed by atoms with Gasteiger partial charge in [-0.15, -0.1) is 5.10 Å².